The third kappa shape index (κ3) is 4.00. The summed E-state index contributed by atoms with van der Waals surface area (Å²) in [6, 6.07) is 15.6. The first-order valence-corrected chi connectivity index (χ1v) is 11.9. The number of fused-ring (bicyclic) bond motifs is 1. The van der Waals surface area contributed by atoms with Crippen molar-refractivity contribution < 1.29 is 22.7 Å². The number of nitrogens with one attached hydrogen (secondary N) is 1. The molecule has 2 amide bonds. The molecule has 33 heavy (non-hydrogen) atoms. The summed E-state index contributed by atoms with van der Waals surface area (Å²) in [5.41, 5.74) is 2.57. The van der Waals surface area contributed by atoms with Crippen LogP contribution >= 0.6 is 0 Å². The van der Waals surface area contributed by atoms with Crippen molar-refractivity contribution in [2.24, 2.45) is 7.05 Å². The molecule has 0 bridgehead atoms. The molecule has 0 fully saturated rings. The van der Waals surface area contributed by atoms with Gasteiger partial charge in [0.15, 0.2) is 0 Å². The predicted molar refractivity (Wildman–Crippen MR) is 123 cm³/mol. The molecule has 0 aliphatic carbocycles. The van der Waals surface area contributed by atoms with Crippen LogP contribution in [0.15, 0.2) is 59.5 Å². The summed E-state index contributed by atoms with van der Waals surface area (Å²) in [6.45, 7) is 1.89. The van der Waals surface area contributed by atoms with Gasteiger partial charge in [-0.2, -0.15) is 0 Å². The zero-order chi connectivity index (χ0) is 23.8. The van der Waals surface area contributed by atoms with Crippen LogP contribution in [-0.4, -0.2) is 42.8 Å². The average molecular weight is 468 g/mol. The van der Waals surface area contributed by atoms with Crippen molar-refractivity contribution in [2.75, 3.05) is 13.7 Å². The van der Waals surface area contributed by atoms with Gasteiger partial charge in [0.1, 0.15) is 16.3 Å². The lowest BCUT2D eigenvalue weighted by Gasteiger charge is -2.27. The van der Waals surface area contributed by atoms with Crippen molar-refractivity contribution in [2.45, 2.75) is 24.8 Å². The predicted octanol–water partition coefficient (Wildman–Crippen LogP) is 2.66. The zero-order valence-corrected chi connectivity index (χ0v) is 19.5. The van der Waals surface area contributed by atoms with Crippen LogP contribution in [0.4, 0.5) is 0 Å². The van der Waals surface area contributed by atoms with E-state index in [9.17, 15) is 18.0 Å². The van der Waals surface area contributed by atoms with E-state index in [0.717, 1.165) is 15.4 Å². The summed E-state index contributed by atoms with van der Waals surface area (Å²) in [6.07, 6.45) is 0.444. The van der Waals surface area contributed by atoms with Gasteiger partial charge in [-0.15, -0.1) is 0 Å². The van der Waals surface area contributed by atoms with Crippen molar-refractivity contribution in [1.82, 2.24) is 14.2 Å². The van der Waals surface area contributed by atoms with Crippen LogP contribution in [0.5, 0.6) is 5.75 Å². The highest BCUT2D eigenvalue weighted by Crippen LogP contribution is 2.28. The number of methoxy groups -OCH3 is 1. The Morgan fingerprint density at radius 2 is 1.82 bits per heavy atom. The number of hydrogen-bond acceptors (Lipinski definition) is 5. The lowest BCUT2D eigenvalue weighted by molar-refractivity contribution is 0.0849. The molecule has 0 saturated carbocycles. The second-order valence-electron chi connectivity index (χ2n) is 7.82. The van der Waals surface area contributed by atoms with Gasteiger partial charge in [-0.1, -0.05) is 36.4 Å². The van der Waals surface area contributed by atoms with Crippen LogP contribution < -0.4 is 10.1 Å². The van der Waals surface area contributed by atoms with Crippen LogP contribution in [0.25, 0.3) is 0 Å². The first kappa shape index (κ1) is 22.6. The number of benzene rings is 2. The Hall–Kier alpha value is -3.59. The first-order chi connectivity index (χ1) is 15.8. The molecule has 2 aromatic carbocycles. The van der Waals surface area contributed by atoms with Crippen molar-refractivity contribution >= 4 is 21.8 Å². The van der Waals surface area contributed by atoms with E-state index >= 15 is 0 Å². The molecule has 8 nitrogen and oxygen atoms in total. The number of aromatic nitrogens is 1. The Kier molecular flexibility index (Phi) is 5.99. The molecule has 0 spiro atoms. The summed E-state index contributed by atoms with van der Waals surface area (Å²) >= 11 is 0. The van der Waals surface area contributed by atoms with Gasteiger partial charge in [0.05, 0.1) is 7.11 Å². The molecule has 0 saturated heterocycles. The lowest BCUT2D eigenvalue weighted by Crippen LogP contribution is -2.42. The number of amides is 2. The fraction of sp³-hybridized carbons (Fsp3) is 0.250. The maximum atomic E-state index is 13.4. The van der Waals surface area contributed by atoms with Crippen LogP contribution in [-0.2, 0) is 30.0 Å². The number of rotatable bonds is 6. The number of para-hydroxylation sites is 1. The van der Waals surface area contributed by atoms with Crippen molar-refractivity contribution in [3.05, 3.63) is 82.7 Å². The average Bonchev–Trinajstić information content (AvgIpc) is 3.13. The van der Waals surface area contributed by atoms with Crippen molar-refractivity contribution in [3.63, 3.8) is 0 Å². The number of sulfonamides is 1. The van der Waals surface area contributed by atoms with Gasteiger partial charge in [-0.25, -0.2) is 12.7 Å². The number of carbonyl (C=O) groups is 2. The molecule has 0 unspecified atom stereocenters. The minimum Gasteiger partial charge on any atom is -0.496 e. The molecule has 2 heterocycles. The second kappa shape index (κ2) is 8.74. The smallest absolute Gasteiger partial charge is 0.268 e. The normalized spacial score (nSPS) is 13.5. The quantitative estimate of drug-likeness (QED) is 0.601. The highest BCUT2D eigenvalue weighted by Gasteiger charge is 2.36. The summed E-state index contributed by atoms with van der Waals surface area (Å²) < 4.78 is 34.6. The second-order valence-corrected chi connectivity index (χ2v) is 9.65. The molecule has 1 N–H and O–H groups in total. The highest BCUT2D eigenvalue weighted by atomic mass is 32.2. The molecule has 0 atom stereocenters. The fourth-order valence-corrected chi connectivity index (χ4v) is 5.67. The van der Waals surface area contributed by atoms with Gasteiger partial charge in [0.2, 0.25) is 0 Å². The van der Waals surface area contributed by atoms with E-state index in [1.807, 2.05) is 30.3 Å². The van der Waals surface area contributed by atoms with Gasteiger partial charge >= 0.3 is 0 Å². The third-order valence-electron chi connectivity index (χ3n) is 5.98. The molecular weight excluding hydrogens is 442 g/mol. The Balaban J connectivity index is 1.60. The third-order valence-corrected chi connectivity index (χ3v) is 7.88. The maximum absolute atomic E-state index is 13.4. The van der Waals surface area contributed by atoms with Crippen LogP contribution in [0.1, 0.15) is 37.7 Å². The number of ether oxygens (including phenoxy) is 1. The molecule has 0 radical (unpaired) electrons. The fourth-order valence-electron chi connectivity index (χ4n) is 4.02. The van der Waals surface area contributed by atoms with Gasteiger partial charge < -0.3 is 14.6 Å². The van der Waals surface area contributed by atoms with E-state index in [1.54, 1.807) is 39.3 Å². The van der Waals surface area contributed by atoms with Gasteiger partial charge in [-0.3, -0.25) is 9.59 Å². The zero-order valence-electron chi connectivity index (χ0n) is 18.7. The van der Waals surface area contributed by atoms with Crippen molar-refractivity contribution in [1.29, 1.82) is 0 Å². The van der Waals surface area contributed by atoms with E-state index in [0.29, 0.717) is 23.4 Å². The molecule has 3 aromatic rings. The minimum absolute atomic E-state index is 0.0554. The molecule has 9 heteroatoms. The first-order valence-electron chi connectivity index (χ1n) is 10.5. The van der Waals surface area contributed by atoms with Gasteiger partial charge in [0, 0.05) is 37.0 Å². The van der Waals surface area contributed by atoms with Gasteiger partial charge in [-0.05, 0) is 37.1 Å². The molecular formula is C24H25N3O5S. The topological polar surface area (TPSA) is 97.7 Å². The molecule has 1 aliphatic rings. The standard InChI is InChI=1S/C24H25N3O5S/c1-16-22(33(30,31)27-13-12-17-8-4-6-10-19(17)24(27)29)14-20(26(16)2)23(28)25-15-18-9-5-7-11-21(18)32-3/h4-11,14H,12-13,15H2,1-3H3,(H,25,28). The van der Waals surface area contributed by atoms with Crippen LogP contribution in [0.3, 0.4) is 0 Å². The molecule has 1 aliphatic heterocycles. The van der Waals surface area contributed by atoms with E-state index in [2.05, 4.69) is 5.32 Å². The Morgan fingerprint density at radius 1 is 1.12 bits per heavy atom. The monoisotopic (exact) mass is 467 g/mol. The highest BCUT2D eigenvalue weighted by molar-refractivity contribution is 7.89. The lowest BCUT2D eigenvalue weighted by atomic mass is 10.0. The van der Waals surface area contributed by atoms with Crippen molar-refractivity contribution in [3.8, 4) is 5.75 Å². The van der Waals surface area contributed by atoms with Crippen LogP contribution in [0.2, 0.25) is 0 Å². The van der Waals surface area contributed by atoms with E-state index in [1.165, 1.54) is 10.6 Å². The van der Waals surface area contributed by atoms with Gasteiger partial charge in [0.25, 0.3) is 21.8 Å². The Bertz CT molecular complexity index is 1340. The molecule has 1 aromatic heterocycles. The largest absolute Gasteiger partial charge is 0.496 e. The Labute approximate surface area is 192 Å². The number of carbonyl (C=O) groups excluding carboxylic acids is 2. The van der Waals surface area contributed by atoms with E-state index in [4.69, 9.17) is 4.74 Å². The maximum Gasteiger partial charge on any atom is 0.268 e. The SMILES string of the molecule is COc1ccccc1CNC(=O)c1cc(S(=O)(=O)N2CCc3ccccc3C2=O)c(C)n1C. The van der Waals surface area contributed by atoms with Crippen LogP contribution in [0, 0.1) is 6.92 Å². The summed E-state index contributed by atoms with van der Waals surface area (Å²) in [5, 5.41) is 2.81. The van der Waals surface area contributed by atoms with E-state index < -0.39 is 21.8 Å². The number of hydrogen-bond donors (Lipinski definition) is 1. The minimum atomic E-state index is -4.13. The molecule has 4 rings (SSSR count). The molecule has 172 valence electrons. The summed E-state index contributed by atoms with van der Waals surface area (Å²) in [5.74, 6) is -0.335. The Morgan fingerprint density at radius 3 is 2.58 bits per heavy atom. The summed E-state index contributed by atoms with van der Waals surface area (Å²) in [7, 11) is -0.956. The number of nitrogens with zero attached hydrogens (tertiary/aromatic N) is 2. The van der Waals surface area contributed by atoms with E-state index in [-0.39, 0.29) is 23.7 Å². The summed E-state index contributed by atoms with van der Waals surface area (Å²) in [4.78, 5) is 25.8.